The lowest BCUT2D eigenvalue weighted by atomic mass is 10.1. The molecule has 0 amide bonds. The molecule has 1 aliphatic rings. The Balaban J connectivity index is 1.60. The molecule has 0 bridgehead atoms. The van der Waals surface area contributed by atoms with Crippen molar-refractivity contribution in [1.82, 2.24) is 0 Å². The number of thioether (sulfide) groups is 1. The van der Waals surface area contributed by atoms with Crippen molar-refractivity contribution in [3.05, 3.63) is 70.8 Å². The zero-order valence-corrected chi connectivity index (χ0v) is 17.8. The summed E-state index contributed by atoms with van der Waals surface area (Å²) in [5.74, 6) is -0.497. The van der Waals surface area contributed by atoms with Gasteiger partial charge in [-0.1, -0.05) is 59.7 Å². The topological polar surface area (TPSA) is 44.8 Å². The molecule has 0 saturated carbocycles. The second kappa shape index (κ2) is 10.2. The fourth-order valence-electron chi connectivity index (χ4n) is 3.13. The molecule has 2 aromatic carbocycles. The maximum absolute atomic E-state index is 14.9. The molecule has 156 valence electrons. The molecule has 1 aliphatic heterocycles. The molecule has 6 heteroatoms. The first-order chi connectivity index (χ1) is 13.9. The van der Waals surface area contributed by atoms with Crippen molar-refractivity contribution in [3.8, 4) is 0 Å². The van der Waals surface area contributed by atoms with Gasteiger partial charge in [0.05, 0.1) is 25.1 Å². The number of carbonyl (C=O) groups is 1. The Morgan fingerprint density at radius 3 is 2.07 bits per heavy atom. The van der Waals surface area contributed by atoms with Crippen LogP contribution in [0.5, 0.6) is 0 Å². The Bertz CT molecular complexity index is 794. The van der Waals surface area contributed by atoms with Gasteiger partial charge in [-0.25, -0.2) is 4.39 Å². The predicted octanol–water partition coefficient (Wildman–Crippen LogP) is 4.75. The summed E-state index contributed by atoms with van der Waals surface area (Å²) in [5.41, 5.74) is 3.51. The van der Waals surface area contributed by atoms with Gasteiger partial charge in [0.1, 0.15) is 6.10 Å². The Kier molecular flexibility index (Phi) is 7.70. The van der Waals surface area contributed by atoms with Crippen LogP contribution in [0.1, 0.15) is 29.2 Å². The zero-order chi connectivity index (χ0) is 20.8. The average Bonchev–Trinajstić information content (AvgIpc) is 2.97. The van der Waals surface area contributed by atoms with Gasteiger partial charge in [-0.15, -0.1) is 11.8 Å². The minimum Gasteiger partial charge on any atom is -0.448 e. The largest absolute Gasteiger partial charge is 0.448 e. The number of hydrogen-bond donors (Lipinski definition) is 0. The first-order valence-electron chi connectivity index (χ1n) is 9.69. The van der Waals surface area contributed by atoms with Crippen molar-refractivity contribution < 1.29 is 23.4 Å². The maximum Gasteiger partial charge on any atom is 0.303 e. The number of rotatable bonds is 8. The number of alkyl halides is 1. The number of esters is 1. The SMILES string of the molecule is CC(=O)OC1S[C@H](COCc2ccc(C)cc2)[C@@H](OCc2ccc(C)cc2)[C@H]1F. The molecular formula is C23H27FO4S. The van der Waals surface area contributed by atoms with Crippen LogP contribution in [0.25, 0.3) is 0 Å². The monoisotopic (exact) mass is 418 g/mol. The van der Waals surface area contributed by atoms with Gasteiger partial charge < -0.3 is 14.2 Å². The molecular weight excluding hydrogens is 391 g/mol. The van der Waals surface area contributed by atoms with E-state index in [0.29, 0.717) is 19.8 Å². The molecule has 1 heterocycles. The van der Waals surface area contributed by atoms with Crippen LogP contribution in [0.4, 0.5) is 4.39 Å². The van der Waals surface area contributed by atoms with E-state index in [9.17, 15) is 9.18 Å². The van der Waals surface area contributed by atoms with Crippen molar-refractivity contribution in [2.45, 2.75) is 56.9 Å². The predicted molar refractivity (Wildman–Crippen MR) is 112 cm³/mol. The van der Waals surface area contributed by atoms with Crippen LogP contribution < -0.4 is 0 Å². The summed E-state index contributed by atoms with van der Waals surface area (Å²) in [5, 5.41) is -0.259. The quantitative estimate of drug-likeness (QED) is 0.579. The summed E-state index contributed by atoms with van der Waals surface area (Å²) in [7, 11) is 0. The Hall–Kier alpha value is -1.89. The average molecular weight is 419 g/mol. The van der Waals surface area contributed by atoms with Crippen LogP contribution in [-0.4, -0.2) is 35.5 Å². The Morgan fingerprint density at radius 1 is 0.966 bits per heavy atom. The summed E-state index contributed by atoms with van der Waals surface area (Å²) < 4.78 is 31.8. The number of aryl methyl sites for hydroxylation is 2. The van der Waals surface area contributed by atoms with Gasteiger partial charge in [0.2, 0.25) is 0 Å². The van der Waals surface area contributed by atoms with Gasteiger partial charge in [0.15, 0.2) is 11.6 Å². The van der Waals surface area contributed by atoms with Crippen molar-refractivity contribution in [2.24, 2.45) is 0 Å². The molecule has 0 aromatic heterocycles. The molecule has 29 heavy (non-hydrogen) atoms. The number of ether oxygens (including phenoxy) is 3. The number of halogens is 1. The number of benzene rings is 2. The standard InChI is InChI=1S/C23H27FO4S/c1-15-4-8-18(9-5-15)12-26-14-20-22(21(24)23(29-20)28-17(3)25)27-13-19-10-6-16(2)7-11-19/h4-11,20-23H,12-14H2,1-3H3/t20-,21-,22-,23?/m1/s1. The summed E-state index contributed by atoms with van der Waals surface area (Å²) in [4.78, 5) is 11.3. The third-order valence-corrected chi connectivity index (χ3v) is 6.14. The van der Waals surface area contributed by atoms with Crippen LogP contribution in [0.3, 0.4) is 0 Å². The van der Waals surface area contributed by atoms with Gasteiger partial charge in [-0.2, -0.15) is 0 Å². The molecule has 1 unspecified atom stereocenters. The van der Waals surface area contributed by atoms with Gasteiger partial charge in [0.25, 0.3) is 0 Å². The first-order valence-corrected chi connectivity index (χ1v) is 10.6. The summed E-state index contributed by atoms with van der Waals surface area (Å²) in [6.07, 6.45) is -2.11. The lowest BCUT2D eigenvalue weighted by Crippen LogP contribution is -2.35. The minimum atomic E-state index is -1.40. The van der Waals surface area contributed by atoms with Crippen LogP contribution in [0.15, 0.2) is 48.5 Å². The Labute approximate surface area is 175 Å². The highest BCUT2D eigenvalue weighted by atomic mass is 32.2. The van der Waals surface area contributed by atoms with E-state index in [4.69, 9.17) is 14.2 Å². The molecule has 2 aromatic rings. The third-order valence-electron chi connectivity index (χ3n) is 4.77. The van der Waals surface area contributed by atoms with E-state index in [1.165, 1.54) is 24.2 Å². The van der Waals surface area contributed by atoms with Crippen molar-refractivity contribution >= 4 is 17.7 Å². The van der Waals surface area contributed by atoms with Crippen molar-refractivity contribution in [2.75, 3.05) is 6.61 Å². The minimum absolute atomic E-state index is 0.259. The first kappa shape index (κ1) is 21.8. The smallest absolute Gasteiger partial charge is 0.303 e. The van der Waals surface area contributed by atoms with Crippen molar-refractivity contribution in [3.63, 3.8) is 0 Å². The van der Waals surface area contributed by atoms with E-state index >= 15 is 0 Å². The van der Waals surface area contributed by atoms with Crippen LogP contribution in [0, 0.1) is 13.8 Å². The fourth-order valence-corrected chi connectivity index (χ4v) is 4.53. The second-order valence-corrected chi connectivity index (χ2v) is 8.70. The highest BCUT2D eigenvalue weighted by molar-refractivity contribution is 8.00. The molecule has 1 saturated heterocycles. The molecule has 0 N–H and O–H groups in total. The van der Waals surface area contributed by atoms with Gasteiger partial charge >= 0.3 is 5.97 Å². The lowest BCUT2D eigenvalue weighted by Gasteiger charge is -2.21. The molecule has 0 spiro atoms. The highest BCUT2D eigenvalue weighted by Gasteiger charge is 2.47. The van der Waals surface area contributed by atoms with Crippen molar-refractivity contribution in [1.29, 1.82) is 0 Å². The number of hydrogen-bond acceptors (Lipinski definition) is 5. The normalized spacial score (nSPS) is 23.9. The molecule has 4 atom stereocenters. The maximum atomic E-state index is 14.9. The molecule has 4 nitrogen and oxygen atoms in total. The summed E-state index contributed by atoms with van der Waals surface area (Å²) >= 11 is 1.26. The van der Waals surface area contributed by atoms with Crippen LogP contribution in [-0.2, 0) is 32.2 Å². The van der Waals surface area contributed by atoms with Crippen LogP contribution in [0.2, 0.25) is 0 Å². The van der Waals surface area contributed by atoms with Gasteiger partial charge in [-0.3, -0.25) is 4.79 Å². The number of carbonyl (C=O) groups excluding carboxylic acids is 1. The van der Waals surface area contributed by atoms with E-state index in [0.717, 1.165) is 16.7 Å². The third kappa shape index (κ3) is 6.29. The van der Waals surface area contributed by atoms with E-state index in [1.807, 2.05) is 62.4 Å². The van der Waals surface area contributed by atoms with Crippen LogP contribution >= 0.6 is 11.8 Å². The lowest BCUT2D eigenvalue weighted by molar-refractivity contribution is -0.146. The van der Waals surface area contributed by atoms with E-state index in [2.05, 4.69) is 0 Å². The van der Waals surface area contributed by atoms with E-state index in [1.54, 1.807) is 0 Å². The van der Waals surface area contributed by atoms with Gasteiger partial charge in [-0.05, 0) is 25.0 Å². The molecule has 1 fully saturated rings. The van der Waals surface area contributed by atoms with Gasteiger partial charge in [0, 0.05) is 6.92 Å². The molecule has 0 aliphatic carbocycles. The molecule has 3 rings (SSSR count). The highest BCUT2D eigenvalue weighted by Crippen LogP contribution is 2.39. The molecule has 0 radical (unpaired) electrons. The second-order valence-electron chi connectivity index (χ2n) is 7.36. The Morgan fingerprint density at radius 2 is 1.52 bits per heavy atom. The zero-order valence-electron chi connectivity index (χ0n) is 17.0. The fraction of sp³-hybridized carbons (Fsp3) is 0.435. The van der Waals surface area contributed by atoms with E-state index < -0.39 is 23.7 Å². The summed E-state index contributed by atoms with van der Waals surface area (Å²) in [6.45, 7) is 6.39. The summed E-state index contributed by atoms with van der Waals surface area (Å²) in [6, 6.07) is 16.0. The van der Waals surface area contributed by atoms with E-state index in [-0.39, 0.29) is 5.25 Å².